The van der Waals surface area contributed by atoms with Crippen molar-refractivity contribution in [3.63, 3.8) is 0 Å². The third-order valence-electron chi connectivity index (χ3n) is 3.44. The van der Waals surface area contributed by atoms with E-state index in [0.29, 0.717) is 6.04 Å². The van der Waals surface area contributed by atoms with E-state index in [2.05, 4.69) is 20.9 Å². The predicted molar refractivity (Wildman–Crippen MR) is 76.8 cm³/mol. The van der Waals surface area contributed by atoms with Crippen molar-refractivity contribution in [1.29, 1.82) is 0 Å². The molecule has 1 aliphatic rings. The van der Waals surface area contributed by atoms with E-state index in [1.807, 2.05) is 37.4 Å². The van der Waals surface area contributed by atoms with Gasteiger partial charge >= 0.3 is 0 Å². The van der Waals surface area contributed by atoms with E-state index in [9.17, 15) is 0 Å². The monoisotopic (exact) mass is 254 g/mol. The van der Waals surface area contributed by atoms with Crippen LogP contribution in [-0.4, -0.2) is 16.0 Å². The molecule has 1 aromatic carbocycles. The van der Waals surface area contributed by atoms with Crippen molar-refractivity contribution in [2.75, 3.05) is 10.6 Å². The highest BCUT2D eigenvalue weighted by Crippen LogP contribution is 2.32. The van der Waals surface area contributed by atoms with Crippen LogP contribution in [0.2, 0.25) is 0 Å². The zero-order chi connectivity index (χ0) is 13.2. The Labute approximate surface area is 113 Å². The first-order chi connectivity index (χ1) is 9.24. The second-order valence-corrected chi connectivity index (χ2v) is 5.02. The van der Waals surface area contributed by atoms with Gasteiger partial charge in [-0.25, -0.2) is 9.97 Å². The van der Waals surface area contributed by atoms with E-state index in [4.69, 9.17) is 5.73 Å². The first-order valence-corrected chi connectivity index (χ1v) is 6.64. The summed E-state index contributed by atoms with van der Waals surface area (Å²) in [6.45, 7) is 2.74. The fourth-order valence-corrected chi connectivity index (χ4v) is 2.25. The number of aryl methyl sites for hydroxylation is 1. The Hall–Kier alpha value is -2.10. The van der Waals surface area contributed by atoms with Crippen LogP contribution in [0.25, 0.3) is 0 Å². The number of nitrogens with two attached hydrogens (primary N) is 1. The standard InChI is InChI=1S/C15H18N4/c1-11-17-9-8-15(18-11)19(13-6-7-13)10-12-4-2-3-5-14(12)16/h2-5,8-9,13H,6-7,10,16H2,1H3. The number of hydrogen-bond acceptors (Lipinski definition) is 4. The van der Waals surface area contributed by atoms with E-state index >= 15 is 0 Å². The van der Waals surface area contributed by atoms with Gasteiger partial charge in [0.15, 0.2) is 0 Å². The molecule has 1 aromatic heterocycles. The molecular formula is C15H18N4. The largest absolute Gasteiger partial charge is 0.398 e. The molecule has 0 spiro atoms. The van der Waals surface area contributed by atoms with Gasteiger partial charge in [0.2, 0.25) is 0 Å². The second-order valence-electron chi connectivity index (χ2n) is 5.02. The van der Waals surface area contributed by atoms with Gasteiger partial charge in [-0.3, -0.25) is 0 Å². The molecule has 98 valence electrons. The molecule has 4 nitrogen and oxygen atoms in total. The molecule has 3 rings (SSSR count). The molecule has 0 unspecified atom stereocenters. The van der Waals surface area contributed by atoms with Gasteiger partial charge in [0.05, 0.1) is 0 Å². The molecule has 19 heavy (non-hydrogen) atoms. The van der Waals surface area contributed by atoms with Crippen molar-refractivity contribution in [2.24, 2.45) is 0 Å². The normalized spacial score (nSPS) is 14.4. The molecule has 0 aliphatic heterocycles. The zero-order valence-corrected chi connectivity index (χ0v) is 11.1. The minimum atomic E-state index is 0.592. The van der Waals surface area contributed by atoms with E-state index in [0.717, 1.165) is 29.4 Å². The van der Waals surface area contributed by atoms with Crippen LogP contribution in [0.5, 0.6) is 0 Å². The Morgan fingerprint density at radius 2 is 2.05 bits per heavy atom. The molecule has 1 aliphatic carbocycles. The average Bonchev–Trinajstić information content (AvgIpc) is 3.22. The summed E-state index contributed by atoms with van der Waals surface area (Å²) in [4.78, 5) is 11.0. The van der Waals surface area contributed by atoms with Crippen LogP contribution in [0.1, 0.15) is 24.2 Å². The summed E-state index contributed by atoms with van der Waals surface area (Å²) < 4.78 is 0. The minimum Gasteiger partial charge on any atom is -0.398 e. The fourth-order valence-electron chi connectivity index (χ4n) is 2.25. The number of nitrogen functional groups attached to an aromatic ring is 1. The van der Waals surface area contributed by atoms with Crippen LogP contribution in [0.15, 0.2) is 36.5 Å². The lowest BCUT2D eigenvalue weighted by Crippen LogP contribution is -2.26. The summed E-state index contributed by atoms with van der Waals surface area (Å²) in [6.07, 6.45) is 4.28. The number of hydrogen-bond donors (Lipinski definition) is 1. The maximum absolute atomic E-state index is 6.04. The Bertz CT molecular complexity index is 578. The van der Waals surface area contributed by atoms with Gasteiger partial charge in [-0.2, -0.15) is 0 Å². The number of benzene rings is 1. The summed E-state index contributed by atoms with van der Waals surface area (Å²) in [7, 11) is 0. The Kier molecular flexibility index (Phi) is 3.07. The molecule has 1 saturated carbocycles. The summed E-state index contributed by atoms with van der Waals surface area (Å²) in [6, 6.07) is 10.6. The maximum Gasteiger partial charge on any atom is 0.132 e. The number of rotatable bonds is 4. The van der Waals surface area contributed by atoms with Crippen molar-refractivity contribution in [3.8, 4) is 0 Å². The van der Waals surface area contributed by atoms with Gasteiger partial charge < -0.3 is 10.6 Å². The Morgan fingerprint density at radius 3 is 2.74 bits per heavy atom. The molecule has 0 amide bonds. The summed E-state index contributed by atoms with van der Waals surface area (Å²) in [5.41, 5.74) is 8.04. The topological polar surface area (TPSA) is 55.0 Å². The van der Waals surface area contributed by atoms with Gasteiger partial charge in [0, 0.05) is 24.5 Å². The third-order valence-corrected chi connectivity index (χ3v) is 3.44. The van der Waals surface area contributed by atoms with Crippen LogP contribution in [0.4, 0.5) is 11.5 Å². The average molecular weight is 254 g/mol. The molecule has 0 saturated heterocycles. The minimum absolute atomic E-state index is 0.592. The molecule has 0 radical (unpaired) electrons. The van der Waals surface area contributed by atoms with Gasteiger partial charge in [-0.15, -0.1) is 0 Å². The highest BCUT2D eigenvalue weighted by atomic mass is 15.2. The first-order valence-electron chi connectivity index (χ1n) is 6.64. The highest BCUT2D eigenvalue weighted by molar-refractivity contribution is 5.50. The van der Waals surface area contributed by atoms with E-state index in [-0.39, 0.29) is 0 Å². The highest BCUT2D eigenvalue weighted by Gasteiger charge is 2.30. The number of aromatic nitrogens is 2. The van der Waals surface area contributed by atoms with Crippen molar-refractivity contribution >= 4 is 11.5 Å². The van der Waals surface area contributed by atoms with Gasteiger partial charge in [0.25, 0.3) is 0 Å². The molecular weight excluding hydrogens is 236 g/mol. The summed E-state index contributed by atoms with van der Waals surface area (Å²) >= 11 is 0. The van der Waals surface area contributed by atoms with E-state index in [1.165, 1.54) is 12.8 Å². The number of para-hydroxylation sites is 1. The van der Waals surface area contributed by atoms with Crippen molar-refractivity contribution < 1.29 is 0 Å². The molecule has 2 aromatic rings. The third kappa shape index (κ3) is 2.67. The lowest BCUT2D eigenvalue weighted by Gasteiger charge is -2.24. The second kappa shape index (κ2) is 4.88. The van der Waals surface area contributed by atoms with Gasteiger partial charge in [0.1, 0.15) is 11.6 Å². The smallest absolute Gasteiger partial charge is 0.132 e. The predicted octanol–water partition coefficient (Wildman–Crippen LogP) is 2.54. The quantitative estimate of drug-likeness (QED) is 0.852. The number of nitrogens with zero attached hydrogens (tertiary/aromatic N) is 3. The van der Waals surface area contributed by atoms with Crippen LogP contribution in [0.3, 0.4) is 0 Å². The van der Waals surface area contributed by atoms with Crippen LogP contribution < -0.4 is 10.6 Å². The maximum atomic E-state index is 6.04. The molecule has 2 N–H and O–H groups in total. The zero-order valence-electron chi connectivity index (χ0n) is 11.1. The van der Waals surface area contributed by atoms with Crippen LogP contribution in [-0.2, 0) is 6.54 Å². The van der Waals surface area contributed by atoms with Crippen molar-refractivity contribution in [2.45, 2.75) is 32.4 Å². The van der Waals surface area contributed by atoms with Crippen molar-refractivity contribution in [3.05, 3.63) is 47.9 Å². The van der Waals surface area contributed by atoms with Gasteiger partial charge in [-0.1, -0.05) is 18.2 Å². The summed E-state index contributed by atoms with van der Waals surface area (Å²) in [5.74, 6) is 1.81. The lowest BCUT2D eigenvalue weighted by atomic mass is 10.1. The number of anilines is 2. The SMILES string of the molecule is Cc1nccc(N(Cc2ccccc2N)C2CC2)n1. The Morgan fingerprint density at radius 1 is 1.26 bits per heavy atom. The van der Waals surface area contributed by atoms with Crippen molar-refractivity contribution in [1.82, 2.24) is 9.97 Å². The van der Waals surface area contributed by atoms with E-state index < -0.39 is 0 Å². The molecule has 0 atom stereocenters. The molecule has 1 fully saturated rings. The Balaban J connectivity index is 1.88. The van der Waals surface area contributed by atoms with Crippen LogP contribution in [0, 0.1) is 6.92 Å². The van der Waals surface area contributed by atoms with Crippen LogP contribution >= 0.6 is 0 Å². The fraction of sp³-hybridized carbons (Fsp3) is 0.333. The molecule has 4 heteroatoms. The van der Waals surface area contributed by atoms with E-state index in [1.54, 1.807) is 0 Å². The first kappa shape index (κ1) is 12.0. The lowest BCUT2D eigenvalue weighted by molar-refractivity contribution is 0.772. The molecule has 1 heterocycles. The summed E-state index contributed by atoms with van der Waals surface area (Å²) in [5, 5.41) is 0. The van der Waals surface area contributed by atoms with Gasteiger partial charge in [-0.05, 0) is 37.5 Å². The molecule has 0 bridgehead atoms.